The molecule has 1 amide bonds. The third-order valence-corrected chi connectivity index (χ3v) is 6.90. The van der Waals surface area contributed by atoms with Crippen molar-refractivity contribution in [1.82, 2.24) is 29.5 Å². The van der Waals surface area contributed by atoms with Crippen LogP contribution in [0, 0.1) is 6.92 Å². The molecule has 0 saturated heterocycles. The maximum atomic E-state index is 12.6. The van der Waals surface area contributed by atoms with Crippen LogP contribution in [0.5, 0.6) is 5.75 Å². The maximum Gasteiger partial charge on any atom is 0.234 e. The van der Waals surface area contributed by atoms with Gasteiger partial charge >= 0.3 is 0 Å². The van der Waals surface area contributed by atoms with Crippen LogP contribution in [0.3, 0.4) is 0 Å². The van der Waals surface area contributed by atoms with Crippen LogP contribution >= 0.6 is 11.8 Å². The van der Waals surface area contributed by atoms with Gasteiger partial charge in [-0.05, 0) is 56.2 Å². The Morgan fingerprint density at radius 1 is 1.06 bits per heavy atom. The number of aromatic nitrogens is 6. The molecule has 0 atom stereocenters. The first-order valence-electron chi connectivity index (χ1n) is 11.6. The molecule has 0 radical (unpaired) electrons. The van der Waals surface area contributed by atoms with Gasteiger partial charge in [0.25, 0.3) is 0 Å². The third kappa shape index (κ3) is 5.07. The standard InChI is InChI=1S/C25H27N7O2S/c1-17-27-30-25(32(17)20-7-6-8-21(15-20)34-2)35-16-23(33)26-19-12-10-18(11-13-19)24-29-28-22-9-4-3-5-14-31(22)24/h6-8,10-13,15H,3-5,9,14,16H2,1-2H3,(H,26,33). The molecule has 180 valence electrons. The van der Waals surface area contributed by atoms with Gasteiger partial charge in [-0.2, -0.15) is 0 Å². The second kappa shape index (κ2) is 10.3. The Morgan fingerprint density at radius 3 is 2.74 bits per heavy atom. The number of nitrogens with one attached hydrogen (secondary N) is 1. The minimum absolute atomic E-state index is 0.114. The second-order valence-corrected chi connectivity index (χ2v) is 9.33. The van der Waals surface area contributed by atoms with E-state index in [0.29, 0.717) is 5.16 Å². The molecule has 1 aliphatic heterocycles. The van der Waals surface area contributed by atoms with E-state index in [2.05, 4.69) is 30.3 Å². The average molecular weight is 490 g/mol. The highest BCUT2D eigenvalue weighted by Gasteiger charge is 2.17. The van der Waals surface area contributed by atoms with Crippen molar-refractivity contribution in [2.75, 3.05) is 18.2 Å². The minimum Gasteiger partial charge on any atom is -0.497 e. The largest absolute Gasteiger partial charge is 0.497 e. The van der Waals surface area contributed by atoms with Gasteiger partial charge < -0.3 is 14.6 Å². The van der Waals surface area contributed by atoms with Crippen molar-refractivity contribution in [2.24, 2.45) is 0 Å². The lowest BCUT2D eigenvalue weighted by molar-refractivity contribution is -0.113. The van der Waals surface area contributed by atoms with E-state index in [0.717, 1.165) is 66.0 Å². The number of carbonyl (C=O) groups excluding carboxylic acids is 1. The number of thioether (sulfide) groups is 1. The third-order valence-electron chi connectivity index (χ3n) is 5.98. The monoisotopic (exact) mass is 489 g/mol. The number of fused-ring (bicyclic) bond motifs is 1. The molecular weight excluding hydrogens is 462 g/mol. The van der Waals surface area contributed by atoms with Gasteiger partial charge in [0.2, 0.25) is 5.91 Å². The van der Waals surface area contributed by atoms with Crippen LogP contribution in [0.25, 0.3) is 17.1 Å². The topological polar surface area (TPSA) is 99.8 Å². The molecule has 10 heteroatoms. The number of anilines is 1. The van der Waals surface area contributed by atoms with Gasteiger partial charge in [0.05, 0.1) is 18.6 Å². The van der Waals surface area contributed by atoms with Crippen molar-refractivity contribution in [3.63, 3.8) is 0 Å². The molecule has 2 aromatic heterocycles. The summed E-state index contributed by atoms with van der Waals surface area (Å²) in [6.45, 7) is 2.83. The van der Waals surface area contributed by atoms with Crippen LogP contribution in [0.4, 0.5) is 5.69 Å². The van der Waals surface area contributed by atoms with Gasteiger partial charge in [-0.25, -0.2) is 0 Å². The van der Waals surface area contributed by atoms with Crippen LogP contribution < -0.4 is 10.1 Å². The summed E-state index contributed by atoms with van der Waals surface area (Å²) in [5.41, 5.74) is 2.62. The fraction of sp³-hybridized carbons (Fsp3) is 0.320. The van der Waals surface area contributed by atoms with Gasteiger partial charge in [-0.1, -0.05) is 24.2 Å². The number of rotatable bonds is 7. The molecule has 1 aliphatic rings. The van der Waals surface area contributed by atoms with Gasteiger partial charge in [0.1, 0.15) is 17.4 Å². The number of hydrogen-bond donors (Lipinski definition) is 1. The molecule has 4 aromatic rings. The molecule has 0 aliphatic carbocycles. The van der Waals surface area contributed by atoms with Crippen LogP contribution in [0.1, 0.15) is 30.9 Å². The number of nitrogens with zero attached hydrogens (tertiary/aromatic N) is 6. The van der Waals surface area contributed by atoms with E-state index in [9.17, 15) is 4.79 Å². The number of ether oxygens (including phenoxy) is 1. The van der Waals surface area contributed by atoms with Gasteiger partial charge in [0, 0.05) is 30.3 Å². The quantitative estimate of drug-likeness (QED) is 0.386. The predicted octanol–water partition coefficient (Wildman–Crippen LogP) is 4.30. The van der Waals surface area contributed by atoms with E-state index in [4.69, 9.17) is 4.74 Å². The molecule has 3 heterocycles. The molecule has 0 fully saturated rings. The van der Waals surface area contributed by atoms with E-state index in [-0.39, 0.29) is 11.7 Å². The molecular formula is C25H27N7O2S. The van der Waals surface area contributed by atoms with Crippen molar-refractivity contribution in [3.8, 4) is 22.8 Å². The van der Waals surface area contributed by atoms with Gasteiger partial charge in [-0.3, -0.25) is 9.36 Å². The Labute approximate surface area is 207 Å². The summed E-state index contributed by atoms with van der Waals surface area (Å²) in [5, 5.41) is 20.8. The van der Waals surface area contributed by atoms with E-state index in [1.54, 1.807) is 7.11 Å². The molecule has 1 N–H and O–H groups in total. The smallest absolute Gasteiger partial charge is 0.234 e. The fourth-order valence-electron chi connectivity index (χ4n) is 4.21. The number of methoxy groups -OCH3 is 1. The van der Waals surface area contributed by atoms with E-state index in [1.807, 2.05) is 60.0 Å². The van der Waals surface area contributed by atoms with E-state index in [1.165, 1.54) is 18.2 Å². The van der Waals surface area contributed by atoms with Crippen molar-refractivity contribution in [3.05, 3.63) is 60.2 Å². The molecule has 2 aromatic carbocycles. The SMILES string of the molecule is COc1cccc(-n2c(C)nnc2SCC(=O)Nc2ccc(-c3nnc4n3CCCCC4)cc2)c1. The summed E-state index contributed by atoms with van der Waals surface area (Å²) in [7, 11) is 1.63. The summed E-state index contributed by atoms with van der Waals surface area (Å²) in [6, 6.07) is 15.4. The van der Waals surface area contributed by atoms with Gasteiger partial charge in [0.15, 0.2) is 11.0 Å². The molecule has 0 bridgehead atoms. The normalized spacial score (nSPS) is 13.2. The number of carbonyl (C=O) groups is 1. The van der Waals surface area contributed by atoms with Crippen molar-refractivity contribution in [2.45, 2.75) is 44.3 Å². The summed E-state index contributed by atoms with van der Waals surface area (Å²) in [6.07, 6.45) is 4.51. The molecule has 0 saturated carbocycles. The van der Waals surface area contributed by atoms with E-state index < -0.39 is 0 Å². The summed E-state index contributed by atoms with van der Waals surface area (Å²) >= 11 is 1.34. The number of benzene rings is 2. The number of amides is 1. The zero-order valence-corrected chi connectivity index (χ0v) is 20.6. The summed E-state index contributed by atoms with van der Waals surface area (Å²) in [4.78, 5) is 12.6. The zero-order valence-electron chi connectivity index (χ0n) is 19.8. The van der Waals surface area contributed by atoms with Crippen LogP contribution in [0.2, 0.25) is 0 Å². The van der Waals surface area contributed by atoms with Gasteiger partial charge in [-0.15, -0.1) is 20.4 Å². The maximum absolute atomic E-state index is 12.6. The average Bonchev–Trinajstić information content (AvgIpc) is 3.37. The predicted molar refractivity (Wildman–Crippen MR) is 135 cm³/mol. The van der Waals surface area contributed by atoms with E-state index >= 15 is 0 Å². The second-order valence-electron chi connectivity index (χ2n) is 8.38. The Morgan fingerprint density at radius 2 is 1.91 bits per heavy atom. The summed E-state index contributed by atoms with van der Waals surface area (Å²) in [5.74, 6) is 3.53. The zero-order chi connectivity index (χ0) is 24.2. The molecule has 35 heavy (non-hydrogen) atoms. The van der Waals surface area contributed by atoms with Crippen LogP contribution in [-0.4, -0.2) is 48.3 Å². The van der Waals surface area contributed by atoms with Crippen molar-refractivity contribution < 1.29 is 9.53 Å². The Hall–Kier alpha value is -3.66. The van der Waals surface area contributed by atoms with Crippen LogP contribution in [0.15, 0.2) is 53.7 Å². The molecule has 0 unspecified atom stereocenters. The lowest BCUT2D eigenvalue weighted by Gasteiger charge is -2.10. The minimum atomic E-state index is -0.114. The Bertz CT molecular complexity index is 1330. The van der Waals surface area contributed by atoms with Crippen molar-refractivity contribution in [1.29, 1.82) is 0 Å². The summed E-state index contributed by atoms with van der Waals surface area (Å²) < 4.78 is 9.46. The highest BCUT2D eigenvalue weighted by Crippen LogP contribution is 2.26. The number of aryl methyl sites for hydroxylation is 2. The Kier molecular flexibility index (Phi) is 6.80. The lowest BCUT2D eigenvalue weighted by Crippen LogP contribution is -2.14. The number of hydrogen-bond acceptors (Lipinski definition) is 7. The first-order chi connectivity index (χ1) is 17.1. The van der Waals surface area contributed by atoms with Crippen molar-refractivity contribution >= 4 is 23.4 Å². The Balaban J connectivity index is 1.23. The molecule has 5 rings (SSSR count). The van der Waals surface area contributed by atoms with Crippen LogP contribution in [-0.2, 0) is 17.8 Å². The lowest BCUT2D eigenvalue weighted by atomic mass is 10.2. The first-order valence-corrected chi connectivity index (χ1v) is 12.6. The first kappa shape index (κ1) is 23.1. The molecule has 0 spiro atoms. The fourth-order valence-corrected chi connectivity index (χ4v) is 5.01. The highest BCUT2D eigenvalue weighted by atomic mass is 32.2. The molecule has 9 nitrogen and oxygen atoms in total. The highest BCUT2D eigenvalue weighted by molar-refractivity contribution is 7.99.